The highest BCUT2D eigenvalue weighted by atomic mass is 31.2. The minimum atomic E-state index is -3.81. The molecule has 0 atom stereocenters. The van der Waals surface area contributed by atoms with Crippen molar-refractivity contribution >= 4 is 31.6 Å². The van der Waals surface area contributed by atoms with Crippen molar-refractivity contribution in [2.75, 3.05) is 6.66 Å². The van der Waals surface area contributed by atoms with E-state index in [1.165, 1.54) is 0 Å². The van der Waals surface area contributed by atoms with E-state index in [2.05, 4.69) is 19.6 Å². The summed E-state index contributed by atoms with van der Waals surface area (Å²) in [6.07, 6.45) is 0. The molecule has 0 aromatic carbocycles. The number of nitrogens with one attached hydrogen (secondary N) is 2. The summed E-state index contributed by atoms with van der Waals surface area (Å²) >= 11 is 0. The van der Waals surface area contributed by atoms with E-state index in [1.807, 2.05) is 10.6 Å². The average Bonchev–Trinajstić information content (AvgIpc) is 2.22. The van der Waals surface area contributed by atoms with E-state index in [0.717, 1.165) is 6.66 Å². The van der Waals surface area contributed by atoms with E-state index in [-0.39, 0.29) is 0 Å². The first-order valence-corrected chi connectivity index (χ1v) is 6.36. The largest absolute Gasteiger partial charge is 0.467 e. The SMILES string of the molecule is CP(=O)(ON=C(N)NC(N)=O)ON=C(N)NC(N)=O. The normalized spacial score (nSPS) is 15.0. The maximum atomic E-state index is 11.5. The molecule has 19 heavy (non-hydrogen) atoms. The molecular weight excluding hydrogens is 283 g/mol. The van der Waals surface area contributed by atoms with Crippen molar-refractivity contribution in [3.8, 4) is 0 Å². The monoisotopic (exact) mass is 296 g/mol. The van der Waals surface area contributed by atoms with Gasteiger partial charge in [-0.15, -0.1) is 0 Å². The summed E-state index contributed by atoms with van der Waals surface area (Å²) < 4.78 is 20.3. The van der Waals surface area contributed by atoms with Crippen LogP contribution in [0.15, 0.2) is 10.3 Å². The van der Waals surface area contributed by atoms with Crippen molar-refractivity contribution < 1.29 is 23.4 Å². The van der Waals surface area contributed by atoms with Crippen LogP contribution in [-0.2, 0) is 13.8 Å². The van der Waals surface area contributed by atoms with Gasteiger partial charge in [0.25, 0.3) is 0 Å². The van der Waals surface area contributed by atoms with Crippen LogP contribution >= 0.6 is 7.60 Å². The second-order valence-electron chi connectivity index (χ2n) is 2.87. The Morgan fingerprint density at radius 2 is 1.26 bits per heavy atom. The van der Waals surface area contributed by atoms with Crippen molar-refractivity contribution in [3.63, 3.8) is 0 Å². The fourth-order valence-electron chi connectivity index (χ4n) is 0.549. The van der Waals surface area contributed by atoms with E-state index in [1.54, 1.807) is 0 Å². The van der Waals surface area contributed by atoms with Gasteiger partial charge in [-0.1, -0.05) is 0 Å². The first-order chi connectivity index (χ1) is 8.62. The number of hydrogen-bond donors (Lipinski definition) is 6. The molecule has 108 valence electrons. The Hall–Kier alpha value is -2.69. The minimum Gasteiger partial charge on any atom is -0.367 e. The smallest absolute Gasteiger partial charge is 0.367 e. The van der Waals surface area contributed by atoms with Crippen LogP contribution in [0.2, 0.25) is 0 Å². The Bertz CT molecular complexity index is 422. The quantitative estimate of drug-likeness (QED) is 0.143. The number of carbonyl (C=O) groups excluding carboxylic acids is 2. The number of guanidine groups is 2. The Morgan fingerprint density at radius 1 is 0.947 bits per heavy atom. The Labute approximate surface area is 106 Å². The lowest BCUT2D eigenvalue weighted by Crippen LogP contribution is -2.40. The summed E-state index contributed by atoms with van der Waals surface area (Å²) in [7, 11) is -3.81. The van der Waals surface area contributed by atoms with E-state index in [4.69, 9.17) is 22.9 Å². The number of urea groups is 2. The summed E-state index contributed by atoms with van der Waals surface area (Å²) in [4.78, 5) is 20.7. The number of amides is 4. The Kier molecular flexibility index (Phi) is 5.93. The third-order valence-corrected chi connectivity index (χ3v) is 1.83. The third-order valence-electron chi connectivity index (χ3n) is 1.08. The number of rotatable bonds is 4. The van der Waals surface area contributed by atoms with Crippen LogP contribution in [-0.4, -0.2) is 30.6 Å². The van der Waals surface area contributed by atoms with Gasteiger partial charge in [-0.3, -0.25) is 19.9 Å². The maximum absolute atomic E-state index is 11.5. The highest BCUT2D eigenvalue weighted by molar-refractivity contribution is 7.52. The molecule has 0 aliphatic heterocycles. The van der Waals surface area contributed by atoms with Crippen molar-refractivity contribution in [2.24, 2.45) is 33.2 Å². The summed E-state index contributed by atoms with van der Waals surface area (Å²) in [6.45, 7) is 0.967. The second kappa shape index (κ2) is 6.90. The third kappa shape index (κ3) is 9.05. The number of oxime groups is 2. The molecule has 13 nitrogen and oxygen atoms in total. The van der Waals surface area contributed by atoms with Crippen LogP contribution in [0.3, 0.4) is 0 Å². The average molecular weight is 296 g/mol. The standard InChI is InChI=1S/C5H13N8O5P/c1-19(16,17-12-2(6)10-4(8)14)18-13-3(7)11-5(9)15/h1H3,(H5,6,8,10,12,14)(H5,7,9,11,13,15). The lowest BCUT2D eigenvalue weighted by atomic mass is 10.9. The highest BCUT2D eigenvalue weighted by Gasteiger charge is 2.20. The molecule has 0 heterocycles. The van der Waals surface area contributed by atoms with Crippen LogP contribution in [0.5, 0.6) is 0 Å². The molecule has 0 fully saturated rings. The van der Waals surface area contributed by atoms with Crippen LogP contribution in [0, 0.1) is 0 Å². The Morgan fingerprint density at radius 3 is 1.53 bits per heavy atom. The Balaban J connectivity index is 4.44. The zero-order valence-electron chi connectivity index (χ0n) is 9.69. The van der Waals surface area contributed by atoms with Gasteiger partial charge in [0.2, 0.25) is 11.9 Å². The van der Waals surface area contributed by atoms with Gasteiger partial charge in [0, 0.05) is 0 Å². The van der Waals surface area contributed by atoms with Gasteiger partial charge >= 0.3 is 19.7 Å². The molecular formula is C5H13N8O5P. The summed E-state index contributed by atoms with van der Waals surface area (Å²) in [5.74, 6) is -1.10. The van der Waals surface area contributed by atoms with Gasteiger partial charge in [-0.05, 0) is 10.3 Å². The lowest BCUT2D eigenvalue weighted by Gasteiger charge is -2.08. The van der Waals surface area contributed by atoms with Crippen LogP contribution in [0.1, 0.15) is 0 Å². The number of carbonyl (C=O) groups is 2. The highest BCUT2D eigenvalue weighted by Crippen LogP contribution is 2.44. The summed E-state index contributed by atoms with van der Waals surface area (Å²) in [6, 6.07) is -1.99. The summed E-state index contributed by atoms with van der Waals surface area (Å²) in [5, 5.41) is 9.77. The molecule has 4 amide bonds. The van der Waals surface area contributed by atoms with E-state index in [0.29, 0.717) is 0 Å². The van der Waals surface area contributed by atoms with Gasteiger partial charge in [0.05, 0.1) is 6.66 Å². The van der Waals surface area contributed by atoms with Gasteiger partial charge in [-0.2, -0.15) is 0 Å². The number of hydrogen-bond acceptors (Lipinski definition) is 7. The van der Waals surface area contributed by atoms with Gasteiger partial charge in [0.15, 0.2) is 0 Å². The molecule has 10 N–H and O–H groups in total. The molecule has 0 saturated heterocycles. The molecule has 0 rings (SSSR count). The molecule has 14 heteroatoms. The van der Waals surface area contributed by atoms with Crippen molar-refractivity contribution in [1.82, 2.24) is 10.6 Å². The first-order valence-electron chi connectivity index (χ1n) is 4.37. The second-order valence-corrected chi connectivity index (χ2v) is 4.74. The minimum absolute atomic E-state index is 0.551. The van der Waals surface area contributed by atoms with Crippen LogP contribution in [0.25, 0.3) is 0 Å². The molecule has 0 radical (unpaired) electrons. The molecule has 0 aromatic rings. The van der Waals surface area contributed by atoms with Crippen molar-refractivity contribution in [2.45, 2.75) is 0 Å². The predicted molar refractivity (Wildman–Crippen MR) is 64.4 cm³/mol. The molecule has 0 spiro atoms. The first kappa shape index (κ1) is 16.3. The number of nitrogens with zero attached hydrogens (tertiary/aromatic N) is 2. The lowest BCUT2D eigenvalue weighted by molar-refractivity contribution is 0.220. The molecule has 0 bridgehead atoms. The maximum Gasteiger partial charge on any atom is 0.467 e. The molecule has 0 aliphatic rings. The van der Waals surface area contributed by atoms with Crippen LogP contribution in [0.4, 0.5) is 9.59 Å². The zero-order valence-corrected chi connectivity index (χ0v) is 10.6. The van der Waals surface area contributed by atoms with E-state index in [9.17, 15) is 14.2 Å². The zero-order chi connectivity index (χ0) is 15.1. The molecule has 0 unspecified atom stereocenters. The van der Waals surface area contributed by atoms with Crippen molar-refractivity contribution in [1.29, 1.82) is 0 Å². The number of primary amides is 2. The predicted octanol–water partition coefficient (Wildman–Crippen LogP) is -2.36. The van der Waals surface area contributed by atoms with E-state index < -0.39 is 31.6 Å². The molecule has 0 saturated carbocycles. The van der Waals surface area contributed by atoms with Crippen LogP contribution < -0.4 is 33.6 Å². The number of nitrogens with two attached hydrogens (primary N) is 4. The van der Waals surface area contributed by atoms with Crippen molar-refractivity contribution in [3.05, 3.63) is 0 Å². The molecule has 0 aliphatic carbocycles. The van der Waals surface area contributed by atoms with E-state index >= 15 is 0 Å². The van der Waals surface area contributed by atoms with Gasteiger partial charge in [0.1, 0.15) is 0 Å². The fourth-order valence-corrected chi connectivity index (χ4v) is 1.05. The topological polar surface area (TPSA) is 223 Å². The molecule has 0 aromatic heterocycles. The van der Waals surface area contributed by atoms with Gasteiger partial charge in [-0.25, -0.2) is 14.2 Å². The summed E-state index contributed by atoms with van der Waals surface area (Å²) in [5.41, 5.74) is 19.7. The fraction of sp³-hybridized carbons (Fsp3) is 0.200. The van der Waals surface area contributed by atoms with Gasteiger partial charge < -0.3 is 22.9 Å².